The van der Waals surface area contributed by atoms with Gasteiger partial charge in [0.25, 0.3) is 0 Å². The zero-order valence-electron chi connectivity index (χ0n) is 6.92. The first kappa shape index (κ1) is 9.81. The summed E-state index contributed by atoms with van der Waals surface area (Å²) in [4.78, 5) is 10.9. The predicted octanol–water partition coefficient (Wildman–Crippen LogP) is 0.645. The fraction of sp³-hybridized carbons (Fsp3) is 0.875. The van der Waals surface area contributed by atoms with Crippen molar-refractivity contribution in [3.05, 3.63) is 0 Å². The van der Waals surface area contributed by atoms with Crippen molar-refractivity contribution in [1.29, 1.82) is 0 Å². The monoisotopic (exact) mass is 191 g/mol. The van der Waals surface area contributed by atoms with Gasteiger partial charge in [0.2, 0.25) is 5.91 Å². The van der Waals surface area contributed by atoms with Crippen molar-refractivity contribution in [2.45, 2.75) is 37.8 Å². The standard InChI is InChI=1S/C8H14ClNO2/c9-5-8(12)10-6-1-3-7(11)4-2-6/h6-7,11H,1-5H2,(H,10,12). The highest BCUT2D eigenvalue weighted by atomic mass is 35.5. The minimum absolute atomic E-state index is 0.0268. The van der Waals surface area contributed by atoms with Crippen LogP contribution in [0.25, 0.3) is 0 Å². The normalized spacial score (nSPS) is 29.8. The zero-order valence-corrected chi connectivity index (χ0v) is 7.68. The average molecular weight is 192 g/mol. The van der Waals surface area contributed by atoms with E-state index < -0.39 is 0 Å². The molecule has 0 aromatic rings. The second-order valence-electron chi connectivity index (χ2n) is 3.21. The van der Waals surface area contributed by atoms with Gasteiger partial charge in [0, 0.05) is 6.04 Å². The average Bonchev–Trinajstić information content (AvgIpc) is 2.09. The lowest BCUT2D eigenvalue weighted by atomic mass is 9.93. The summed E-state index contributed by atoms with van der Waals surface area (Å²) in [7, 11) is 0. The Morgan fingerprint density at radius 3 is 2.50 bits per heavy atom. The fourth-order valence-corrected chi connectivity index (χ4v) is 1.56. The number of carbonyl (C=O) groups is 1. The molecule has 1 saturated carbocycles. The van der Waals surface area contributed by atoms with E-state index >= 15 is 0 Å². The number of rotatable bonds is 2. The van der Waals surface area contributed by atoms with Gasteiger partial charge in [0.05, 0.1) is 6.10 Å². The van der Waals surface area contributed by atoms with Crippen LogP contribution >= 0.6 is 11.6 Å². The first-order valence-electron chi connectivity index (χ1n) is 4.25. The molecule has 1 fully saturated rings. The van der Waals surface area contributed by atoms with Crippen LogP contribution in [0.5, 0.6) is 0 Å². The highest BCUT2D eigenvalue weighted by molar-refractivity contribution is 6.27. The molecule has 0 aromatic carbocycles. The number of aliphatic hydroxyl groups is 1. The predicted molar refractivity (Wildman–Crippen MR) is 47.1 cm³/mol. The SMILES string of the molecule is O=C(CCl)NC1CCC(O)CC1. The lowest BCUT2D eigenvalue weighted by Crippen LogP contribution is -2.39. The van der Waals surface area contributed by atoms with Crippen LogP contribution in [0.4, 0.5) is 0 Å². The van der Waals surface area contributed by atoms with E-state index in [1.165, 1.54) is 0 Å². The fourth-order valence-electron chi connectivity index (χ4n) is 1.49. The smallest absolute Gasteiger partial charge is 0.235 e. The second-order valence-corrected chi connectivity index (χ2v) is 3.47. The molecule has 0 aromatic heterocycles. The summed E-state index contributed by atoms with van der Waals surface area (Å²) in [5.74, 6) is -0.0861. The maximum atomic E-state index is 10.9. The number of nitrogens with one attached hydrogen (secondary N) is 1. The van der Waals surface area contributed by atoms with Crippen molar-refractivity contribution in [2.24, 2.45) is 0 Å². The Kier molecular flexibility index (Phi) is 3.82. The molecule has 70 valence electrons. The first-order chi connectivity index (χ1) is 5.72. The van der Waals surface area contributed by atoms with Gasteiger partial charge in [-0.2, -0.15) is 0 Å². The molecule has 1 rings (SSSR count). The zero-order chi connectivity index (χ0) is 8.97. The Morgan fingerprint density at radius 2 is 2.00 bits per heavy atom. The van der Waals surface area contributed by atoms with Gasteiger partial charge in [-0.05, 0) is 25.7 Å². The third-order valence-electron chi connectivity index (χ3n) is 2.18. The molecular weight excluding hydrogens is 178 g/mol. The van der Waals surface area contributed by atoms with Gasteiger partial charge in [-0.25, -0.2) is 0 Å². The van der Waals surface area contributed by atoms with Gasteiger partial charge in [0.15, 0.2) is 0 Å². The quantitative estimate of drug-likeness (QED) is 0.630. The van der Waals surface area contributed by atoms with E-state index in [1.54, 1.807) is 0 Å². The summed E-state index contributed by atoms with van der Waals surface area (Å²) in [6.07, 6.45) is 3.13. The second kappa shape index (κ2) is 4.67. The van der Waals surface area contributed by atoms with Crippen LogP contribution in [0.15, 0.2) is 0 Å². The van der Waals surface area contributed by atoms with Crippen LogP contribution in [-0.4, -0.2) is 29.0 Å². The molecule has 0 radical (unpaired) electrons. The number of alkyl halides is 1. The largest absolute Gasteiger partial charge is 0.393 e. The van der Waals surface area contributed by atoms with Crippen molar-refractivity contribution in [3.8, 4) is 0 Å². The number of hydrogen-bond acceptors (Lipinski definition) is 2. The van der Waals surface area contributed by atoms with Crippen molar-refractivity contribution < 1.29 is 9.90 Å². The molecule has 0 atom stereocenters. The molecular formula is C8H14ClNO2. The molecule has 0 spiro atoms. The molecule has 12 heavy (non-hydrogen) atoms. The summed E-state index contributed by atoms with van der Waals surface area (Å²) >= 11 is 5.34. The molecule has 0 aliphatic heterocycles. The van der Waals surface area contributed by atoms with E-state index in [2.05, 4.69) is 5.32 Å². The van der Waals surface area contributed by atoms with Crippen molar-refractivity contribution in [2.75, 3.05) is 5.88 Å². The van der Waals surface area contributed by atoms with Crippen molar-refractivity contribution in [1.82, 2.24) is 5.32 Å². The van der Waals surface area contributed by atoms with Gasteiger partial charge in [0.1, 0.15) is 5.88 Å². The van der Waals surface area contributed by atoms with Crippen LogP contribution in [0.1, 0.15) is 25.7 Å². The summed E-state index contributed by atoms with van der Waals surface area (Å²) in [6, 6.07) is 0.222. The topological polar surface area (TPSA) is 49.3 Å². The van der Waals surface area contributed by atoms with Crippen LogP contribution in [-0.2, 0) is 4.79 Å². The number of halogens is 1. The molecule has 1 aliphatic carbocycles. The highest BCUT2D eigenvalue weighted by Crippen LogP contribution is 2.17. The molecule has 4 heteroatoms. The summed E-state index contributed by atoms with van der Waals surface area (Å²) in [6.45, 7) is 0. The van der Waals surface area contributed by atoms with Crippen LogP contribution < -0.4 is 5.32 Å². The number of carbonyl (C=O) groups excluding carboxylic acids is 1. The summed E-state index contributed by atoms with van der Waals surface area (Å²) in [5.41, 5.74) is 0. The molecule has 0 saturated heterocycles. The third-order valence-corrected chi connectivity index (χ3v) is 2.43. The maximum Gasteiger partial charge on any atom is 0.235 e. The molecule has 2 N–H and O–H groups in total. The Hall–Kier alpha value is -0.280. The van der Waals surface area contributed by atoms with Gasteiger partial charge >= 0.3 is 0 Å². The van der Waals surface area contributed by atoms with Gasteiger partial charge in [-0.3, -0.25) is 4.79 Å². The molecule has 1 aliphatic rings. The number of aliphatic hydroxyl groups excluding tert-OH is 1. The van der Waals surface area contributed by atoms with Crippen LogP contribution in [0, 0.1) is 0 Å². The van der Waals surface area contributed by atoms with E-state index in [1.807, 2.05) is 0 Å². The van der Waals surface area contributed by atoms with E-state index in [0.717, 1.165) is 25.7 Å². The molecule has 0 unspecified atom stereocenters. The molecule has 1 amide bonds. The third kappa shape index (κ3) is 2.99. The summed E-state index contributed by atoms with van der Waals surface area (Å²) in [5, 5.41) is 12.0. The molecule has 0 bridgehead atoms. The van der Waals surface area contributed by atoms with Gasteiger partial charge in [-0.1, -0.05) is 0 Å². The van der Waals surface area contributed by atoms with Crippen molar-refractivity contribution in [3.63, 3.8) is 0 Å². The molecule has 0 heterocycles. The van der Waals surface area contributed by atoms with E-state index in [0.29, 0.717) is 0 Å². The minimum Gasteiger partial charge on any atom is -0.393 e. The number of amides is 1. The maximum absolute atomic E-state index is 10.9. The van der Waals surface area contributed by atoms with E-state index in [-0.39, 0.29) is 23.9 Å². The van der Waals surface area contributed by atoms with E-state index in [9.17, 15) is 9.90 Å². The van der Waals surface area contributed by atoms with Gasteiger partial charge < -0.3 is 10.4 Å². The van der Waals surface area contributed by atoms with E-state index in [4.69, 9.17) is 11.6 Å². The van der Waals surface area contributed by atoms with Crippen molar-refractivity contribution >= 4 is 17.5 Å². The molecule has 3 nitrogen and oxygen atoms in total. The summed E-state index contributed by atoms with van der Waals surface area (Å²) < 4.78 is 0. The van der Waals surface area contributed by atoms with Crippen LogP contribution in [0.3, 0.4) is 0 Å². The lowest BCUT2D eigenvalue weighted by Gasteiger charge is -2.25. The first-order valence-corrected chi connectivity index (χ1v) is 4.79. The van der Waals surface area contributed by atoms with Gasteiger partial charge in [-0.15, -0.1) is 11.6 Å². The Morgan fingerprint density at radius 1 is 1.42 bits per heavy atom. The Bertz CT molecular complexity index is 155. The minimum atomic E-state index is -0.172. The Balaban J connectivity index is 2.21. The van der Waals surface area contributed by atoms with Crippen LogP contribution in [0.2, 0.25) is 0 Å². The highest BCUT2D eigenvalue weighted by Gasteiger charge is 2.19. The Labute approximate surface area is 77.1 Å². The number of hydrogen-bond donors (Lipinski definition) is 2. The lowest BCUT2D eigenvalue weighted by molar-refractivity contribution is -0.119.